The number of imide groups is 1. The van der Waals surface area contributed by atoms with Gasteiger partial charge in [-0.25, -0.2) is 9.66 Å². The van der Waals surface area contributed by atoms with Crippen molar-refractivity contribution in [2.75, 3.05) is 47.8 Å². The van der Waals surface area contributed by atoms with Crippen molar-refractivity contribution in [3.05, 3.63) is 59.6 Å². The van der Waals surface area contributed by atoms with E-state index in [1.165, 1.54) is 12.8 Å². The predicted octanol–water partition coefficient (Wildman–Crippen LogP) is 5.76. The number of amides is 2. The van der Waals surface area contributed by atoms with Gasteiger partial charge in [0.15, 0.2) is 5.01 Å². The van der Waals surface area contributed by atoms with Crippen LogP contribution in [0.5, 0.6) is 0 Å². The Morgan fingerprint density at radius 2 is 1.84 bits per heavy atom. The predicted molar refractivity (Wildman–Crippen MR) is 220 cm³/mol. The van der Waals surface area contributed by atoms with Crippen molar-refractivity contribution in [3.8, 4) is 28.0 Å². The molecule has 2 bridgehead atoms. The largest absolute Gasteiger partial charge is 0.382 e. The maximum atomic E-state index is 12.3. The molecule has 4 aromatic rings. The molecule has 8 heterocycles. The monoisotopic (exact) mass is 772 g/mol. The second-order valence-corrected chi connectivity index (χ2v) is 16.7. The number of piperidine rings is 2. The van der Waals surface area contributed by atoms with Gasteiger partial charge in [0.2, 0.25) is 16.9 Å². The fourth-order valence-corrected chi connectivity index (χ4v) is 9.58. The lowest BCUT2D eigenvalue weighted by Crippen LogP contribution is -2.55. The molecule has 4 aliphatic heterocycles. The number of aromatic nitrogens is 5. The van der Waals surface area contributed by atoms with Gasteiger partial charge in [0.25, 0.3) is 0 Å². The van der Waals surface area contributed by atoms with Gasteiger partial charge in [-0.05, 0) is 94.7 Å². The molecule has 4 fully saturated rings. The molecule has 2 unspecified atom stereocenters. The third kappa shape index (κ3) is 7.68. The minimum Gasteiger partial charge on any atom is -0.382 e. The molecule has 2 N–H and O–H groups in total. The number of allylic oxidation sites excluding steroid dienone is 1. The Morgan fingerprint density at radius 3 is 2.52 bits per heavy atom. The molecule has 4 aliphatic rings. The lowest BCUT2D eigenvalue weighted by Gasteiger charge is -2.43. The molecular formula is C41H48N12O2S. The number of hydrogen-bond acceptors (Lipinski definition) is 13. The van der Waals surface area contributed by atoms with Crippen molar-refractivity contribution in [1.82, 2.24) is 35.1 Å². The quantitative estimate of drug-likeness (QED) is 0.108. The van der Waals surface area contributed by atoms with Crippen LogP contribution in [0.2, 0.25) is 0 Å². The van der Waals surface area contributed by atoms with Crippen molar-refractivity contribution in [2.24, 2.45) is 11.0 Å². The minimum absolute atomic E-state index is 0.184. The fraction of sp³-hybridized carbons (Fsp3) is 0.463. The number of hydrogen-bond donors (Lipinski definition) is 2. The summed E-state index contributed by atoms with van der Waals surface area (Å²) < 4.78 is 1.70. The first-order valence-electron chi connectivity index (χ1n) is 19.6. The third-order valence-electron chi connectivity index (χ3n) is 11.5. The lowest BCUT2D eigenvalue weighted by atomic mass is 9.91. The van der Waals surface area contributed by atoms with Crippen LogP contribution in [0.25, 0.3) is 28.0 Å². The topological polar surface area (TPSA) is 161 Å². The van der Waals surface area contributed by atoms with Gasteiger partial charge >= 0.3 is 0 Å². The second-order valence-electron chi connectivity index (χ2n) is 15.7. The first-order chi connectivity index (χ1) is 27.2. The zero-order chi connectivity index (χ0) is 38.9. The van der Waals surface area contributed by atoms with Crippen molar-refractivity contribution < 1.29 is 9.59 Å². The summed E-state index contributed by atoms with van der Waals surface area (Å²) in [6, 6.07) is 13.3. The van der Waals surface area contributed by atoms with E-state index in [1.54, 1.807) is 29.0 Å². The molecular weight excluding hydrogens is 725 g/mol. The van der Waals surface area contributed by atoms with E-state index in [-0.39, 0.29) is 23.8 Å². The number of nitrogens with zero attached hydrogens (tertiary/aromatic N) is 10. The molecule has 4 saturated heterocycles. The molecule has 0 saturated carbocycles. The van der Waals surface area contributed by atoms with E-state index < -0.39 is 0 Å². The van der Waals surface area contributed by atoms with E-state index in [2.05, 4.69) is 62.2 Å². The van der Waals surface area contributed by atoms with E-state index >= 15 is 0 Å². The van der Waals surface area contributed by atoms with E-state index in [4.69, 9.17) is 15.1 Å². The number of fused-ring (bicyclic) bond motifs is 2. The number of pyridine rings is 2. The molecule has 14 nitrogen and oxygen atoms in total. The van der Waals surface area contributed by atoms with Gasteiger partial charge in [-0.3, -0.25) is 24.8 Å². The standard InChI is InChI=1S/C41H48N12O2S/c1-25(2)46-34-18-35(36-10-8-29(53(36)43-4)17-26(3)19-42)44-21-33(34)40-48-49-41(56-40)51-23-30-6-7-31(24-51)52(30)22-27-13-15-50(16-14-27)37-11-5-28(20-45-37)32-9-12-38(54)47-39(32)55/h5,8,10-11,17-18,20-21,25,27,30-32H,4,6-7,9,12-16,22-24H2,1-3H3,(H,44,46)(H,47,54,55)/b26-17+/t30?,31?,32-/m1/s1. The Morgan fingerprint density at radius 1 is 1.05 bits per heavy atom. The van der Waals surface area contributed by atoms with Gasteiger partial charge in [-0.2, -0.15) is 10.4 Å². The third-order valence-corrected chi connectivity index (χ3v) is 12.6. The van der Waals surface area contributed by atoms with Crippen molar-refractivity contribution in [2.45, 2.75) is 83.3 Å². The first kappa shape index (κ1) is 37.5. The van der Waals surface area contributed by atoms with Gasteiger partial charge in [-0.1, -0.05) is 17.4 Å². The molecule has 56 heavy (non-hydrogen) atoms. The van der Waals surface area contributed by atoms with Crippen LogP contribution >= 0.6 is 11.3 Å². The number of nitrogens with one attached hydrogen (secondary N) is 2. The van der Waals surface area contributed by atoms with Crippen LogP contribution in [0.3, 0.4) is 0 Å². The Balaban J connectivity index is 0.893. The van der Waals surface area contributed by atoms with Crippen LogP contribution in [0, 0.1) is 17.2 Å². The molecule has 3 atom stereocenters. The van der Waals surface area contributed by atoms with Crippen LogP contribution in [-0.4, -0.2) is 99.1 Å². The van der Waals surface area contributed by atoms with E-state index in [0.29, 0.717) is 36.4 Å². The summed E-state index contributed by atoms with van der Waals surface area (Å²) >= 11 is 1.62. The SMILES string of the molecule is C=Nn1c(/C=C(\C)C#N)ccc1-c1cc(NC(C)C)c(-c2nnc(N3CC4CCC(C3)N4CC3CCN(c4ccc([C@H]5CCC(=O)NC5=O)cn4)CC3)s2)cn1. The van der Waals surface area contributed by atoms with Crippen LogP contribution in [0.15, 0.2) is 53.4 Å². The maximum absolute atomic E-state index is 12.3. The van der Waals surface area contributed by atoms with Gasteiger partial charge in [0.1, 0.15) is 5.82 Å². The van der Waals surface area contributed by atoms with Crippen LogP contribution in [-0.2, 0) is 9.59 Å². The molecule has 15 heteroatoms. The highest BCUT2D eigenvalue weighted by Gasteiger charge is 2.42. The average molecular weight is 773 g/mol. The number of rotatable bonds is 11. The Kier molecular flexibility index (Phi) is 10.7. The Labute approximate surface area is 331 Å². The highest BCUT2D eigenvalue weighted by Crippen LogP contribution is 2.39. The van der Waals surface area contributed by atoms with E-state index in [9.17, 15) is 14.9 Å². The summed E-state index contributed by atoms with van der Waals surface area (Å²) in [7, 11) is 0. The minimum atomic E-state index is -0.306. The molecule has 0 aliphatic carbocycles. The maximum Gasteiger partial charge on any atom is 0.234 e. The van der Waals surface area contributed by atoms with Gasteiger partial charge in [0, 0.05) is 87.6 Å². The van der Waals surface area contributed by atoms with Crippen molar-refractivity contribution in [3.63, 3.8) is 0 Å². The summed E-state index contributed by atoms with van der Waals surface area (Å²) in [4.78, 5) is 41.0. The lowest BCUT2D eigenvalue weighted by molar-refractivity contribution is -0.134. The molecule has 2 amide bonds. The molecule has 4 aromatic heterocycles. The van der Waals surface area contributed by atoms with Crippen molar-refractivity contribution in [1.29, 1.82) is 5.26 Å². The number of carbonyl (C=O) groups is 2. The van der Waals surface area contributed by atoms with Gasteiger partial charge < -0.3 is 15.1 Å². The molecule has 290 valence electrons. The summed E-state index contributed by atoms with van der Waals surface area (Å²) in [5, 5.41) is 30.7. The number of piperazine rings is 1. The Hall–Kier alpha value is -5.46. The zero-order valence-corrected chi connectivity index (χ0v) is 33.0. The van der Waals surface area contributed by atoms with Crippen LogP contribution < -0.4 is 20.4 Å². The van der Waals surface area contributed by atoms with Crippen LogP contribution in [0.4, 0.5) is 16.6 Å². The summed E-state index contributed by atoms with van der Waals surface area (Å²) in [5.74, 6) is 0.878. The van der Waals surface area contributed by atoms with Gasteiger partial charge in [-0.15, -0.1) is 10.2 Å². The smallest absolute Gasteiger partial charge is 0.234 e. The zero-order valence-electron chi connectivity index (χ0n) is 32.2. The highest BCUT2D eigenvalue weighted by molar-refractivity contribution is 7.18. The summed E-state index contributed by atoms with van der Waals surface area (Å²) in [6.45, 7) is 14.7. The highest BCUT2D eigenvalue weighted by atomic mass is 32.1. The molecule has 0 spiro atoms. The molecule has 0 radical (unpaired) electrons. The summed E-state index contributed by atoms with van der Waals surface area (Å²) in [5.41, 5.74) is 5.56. The number of nitriles is 1. The first-order valence-corrected chi connectivity index (χ1v) is 20.4. The molecule has 8 rings (SSSR count). The number of carbonyl (C=O) groups excluding carboxylic acids is 2. The van der Waals surface area contributed by atoms with Crippen molar-refractivity contribution >= 4 is 52.6 Å². The van der Waals surface area contributed by atoms with Gasteiger partial charge in [0.05, 0.1) is 34.6 Å². The number of anilines is 3. The average Bonchev–Trinajstić information content (AvgIpc) is 3.90. The normalized spacial score (nSPS) is 22.1. The Bertz CT molecular complexity index is 2160. The van der Waals surface area contributed by atoms with E-state index in [1.807, 2.05) is 42.7 Å². The second kappa shape index (κ2) is 16.0. The van der Waals surface area contributed by atoms with Crippen LogP contribution in [0.1, 0.15) is 76.5 Å². The van der Waals surface area contributed by atoms with E-state index in [0.717, 1.165) is 95.4 Å². The summed E-state index contributed by atoms with van der Waals surface area (Å²) in [6.07, 6.45) is 11.0. The molecule has 0 aromatic carbocycles. The fourth-order valence-electron chi connectivity index (χ4n) is 8.70.